The Balaban J connectivity index is 2.18. The largest absolute Gasteiger partial charge is 0.387 e. The van der Waals surface area contributed by atoms with Crippen molar-refractivity contribution in [2.75, 3.05) is 0 Å². The number of rotatable bonds is 3. The minimum Gasteiger partial charge on any atom is -0.387 e. The first kappa shape index (κ1) is 14.1. The molecule has 1 N–H and O–H groups in total. The molecule has 1 unspecified atom stereocenters. The lowest BCUT2D eigenvalue weighted by Gasteiger charge is -2.08. The van der Waals surface area contributed by atoms with Gasteiger partial charge in [-0.1, -0.05) is 0 Å². The van der Waals surface area contributed by atoms with Crippen molar-refractivity contribution in [1.82, 2.24) is 0 Å². The smallest absolute Gasteiger partial charge is 0.126 e. The minimum atomic E-state index is -0.779. The van der Waals surface area contributed by atoms with Crippen LogP contribution in [0.4, 0.5) is 8.78 Å². The number of aliphatic hydroxyl groups excluding tert-OH is 1. The molecule has 2 rings (SSSR count). The van der Waals surface area contributed by atoms with E-state index in [9.17, 15) is 13.9 Å². The van der Waals surface area contributed by atoms with Gasteiger partial charge in [-0.2, -0.15) is 0 Å². The van der Waals surface area contributed by atoms with E-state index in [1.807, 2.05) is 0 Å². The zero-order chi connectivity index (χ0) is 13.3. The maximum atomic E-state index is 13.0. The van der Waals surface area contributed by atoms with Crippen LogP contribution >= 0.6 is 43.2 Å². The average Bonchev–Trinajstić information content (AvgIpc) is 2.57. The molecule has 0 radical (unpaired) electrons. The van der Waals surface area contributed by atoms with Crippen molar-refractivity contribution in [3.63, 3.8) is 0 Å². The zero-order valence-electron chi connectivity index (χ0n) is 8.96. The van der Waals surface area contributed by atoms with Crippen molar-refractivity contribution in [3.05, 3.63) is 54.6 Å². The fraction of sp³-hybridized carbons (Fsp3) is 0.167. The monoisotopic (exact) mass is 396 g/mol. The molecule has 2 aromatic rings. The van der Waals surface area contributed by atoms with Crippen molar-refractivity contribution < 1.29 is 13.9 Å². The summed E-state index contributed by atoms with van der Waals surface area (Å²) in [4.78, 5) is 0.735. The van der Waals surface area contributed by atoms with Gasteiger partial charge in [-0.15, -0.1) is 11.3 Å². The quantitative estimate of drug-likeness (QED) is 0.786. The highest BCUT2D eigenvalue weighted by Gasteiger charge is 2.14. The molecule has 0 aliphatic rings. The van der Waals surface area contributed by atoms with E-state index in [0.29, 0.717) is 5.56 Å². The van der Waals surface area contributed by atoms with Crippen LogP contribution in [-0.4, -0.2) is 5.11 Å². The van der Waals surface area contributed by atoms with Gasteiger partial charge in [-0.25, -0.2) is 8.78 Å². The van der Waals surface area contributed by atoms with Gasteiger partial charge in [0.15, 0.2) is 0 Å². The first-order valence-electron chi connectivity index (χ1n) is 5.03. The first-order valence-corrected chi connectivity index (χ1v) is 7.43. The maximum Gasteiger partial charge on any atom is 0.126 e. The molecule has 96 valence electrons. The summed E-state index contributed by atoms with van der Waals surface area (Å²) in [6.45, 7) is 0. The van der Waals surface area contributed by atoms with Gasteiger partial charge in [-0.05, 0) is 55.6 Å². The van der Waals surface area contributed by atoms with Crippen LogP contribution in [0.1, 0.15) is 16.5 Å². The zero-order valence-corrected chi connectivity index (χ0v) is 12.9. The maximum absolute atomic E-state index is 13.0. The first-order chi connectivity index (χ1) is 8.45. The molecule has 0 bridgehead atoms. The molecule has 1 aromatic carbocycles. The fourth-order valence-corrected chi connectivity index (χ4v) is 3.66. The van der Waals surface area contributed by atoms with Gasteiger partial charge in [0.1, 0.15) is 11.6 Å². The van der Waals surface area contributed by atoms with E-state index in [4.69, 9.17) is 0 Å². The molecule has 0 aliphatic heterocycles. The predicted octanol–water partition coefficient (Wildman–Crippen LogP) is 4.83. The normalized spacial score (nSPS) is 12.7. The van der Waals surface area contributed by atoms with E-state index in [0.717, 1.165) is 19.2 Å². The molecular weight excluding hydrogens is 390 g/mol. The summed E-state index contributed by atoms with van der Waals surface area (Å²) in [7, 11) is 0. The third-order valence-electron chi connectivity index (χ3n) is 2.34. The Morgan fingerprint density at radius 2 is 1.72 bits per heavy atom. The predicted molar refractivity (Wildman–Crippen MR) is 74.7 cm³/mol. The fourth-order valence-electron chi connectivity index (χ4n) is 1.58. The van der Waals surface area contributed by atoms with Crippen molar-refractivity contribution in [2.45, 2.75) is 12.5 Å². The Bertz CT molecular complexity index is 531. The van der Waals surface area contributed by atoms with Crippen molar-refractivity contribution >= 4 is 43.2 Å². The summed E-state index contributed by atoms with van der Waals surface area (Å²) in [5, 5.41) is 10.0. The Morgan fingerprint density at radius 3 is 2.22 bits per heavy atom. The molecule has 0 saturated heterocycles. The van der Waals surface area contributed by atoms with Gasteiger partial charge in [-0.3, -0.25) is 0 Å². The Hall–Kier alpha value is -0.300. The highest BCUT2D eigenvalue weighted by atomic mass is 79.9. The lowest BCUT2D eigenvalue weighted by atomic mass is 10.1. The number of aliphatic hydroxyl groups is 1. The average molecular weight is 398 g/mol. The molecule has 1 nitrogen and oxygen atoms in total. The lowest BCUT2D eigenvalue weighted by molar-refractivity contribution is 0.182. The van der Waals surface area contributed by atoms with Crippen LogP contribution in [0.5, 0.6) is 0 Å². The van der Waals surface area contributed by atoms with E-state index in [1.165, 1.54) is 23.5 Å². The van der Waals surface area contributed by atoms with Crippen LogP contribution in [0.2, 0.25) is 0 Å². The van der Waals surface area contributed by atoms with Gasteiger partial charge in [0.05, 0.1) is 9.89 Å². The molecule has 6 heteroatoms. The Morgan fingerprint density at radius 1 is 1.11 bits per heavy atom. The lowest BCUT2D eigenvalue weighted by Crippen LogP contribution is -2.00. The van der Waals surface area contributed by atoms with Gasteiger partial charge < -0.3 is 5.11 Å². The summed E-state index contributed by atoms with van der Waals surface area (Å²) in [6.07, 6.45) is -0.604. The molecule has 0 fully saturated rings. The minimum absolute atomic E-state index is 0.175. The number of halogens is 4. The summed E-state index contributed by atoms with van der Waals surface area (Å²) < 4.78 is 27.8. The molecule has 18 heavy (non-hydrogen) atoms. The summed E-state index contributed by atoms with van der Waals surface area (Å²) in [6, 6.07) is 5.05. The van der Waals surface area contributed by atoms with Gasteiger partial charge in [0.25, 0.3) is 0 Å². The van der Waals surface area contributed by atoms with E-state index in [-0.39, 0.29) is 6.42 Å². The third kappa shape index (κ3) is 3.38. The molecule has 1 aromatic heterocycles. The Labute approximate surface area is 124 Å². The second kappa shape index (κ2) is 5.77. The summed E-state index contributed by atoms with van der Waals surface area (Å²) in [5.74, 6) is -1.27. The molecule has 0 amide bonds. The topological polar surface area (TPSA) is 20.2 Å². The highest BCUT2D eigenvalue weighted by molar-refractivity contribution is 9.13. The molecule has 1 heterocycles. The van der Waals surface area contributed by atoms with Crippen LogP contribution in [0.15, 0.2) is 32.5 Å². The van der Waals surface area contributed by atoms with Crippen molar-refractivity contribution in [1.29, 1.82) is 0 Å². The van der Waals surface area contributed by atoms with Crippen LogP contribution < -0.4 is 0 Å². The van der Waals surface area contributed by atoms with Crippen molar-refractivity contribution in [2.24, 2.45) is 0 Å². The van der Waals surface area contributed by atoms with Crippen LogP contribution in [0.3, 0.4) is 0 Å². The van der Waals surface area contributed by atoms with Crippen molar-refractivity contribution in [3.8, 4) is 0 Å². The third-order valence-corrected chi connectivity index (χ3v) is 5.70. The van der Waals surface area contributed by atoms with E-state index in [1.54, 1.807) is 6.07 Å². The molecule has 0 spiro atoms. The number of hydrogen-bond donors (Lipinski definition) is 1. The molecule has 0 aliphatic carbocycles. The second-order valence-electron chi connectivity index (χ2n) is 3.77. The van der Waals surface area contributed by atoms with Gasteiger partial charge in [0, 0.05) is 21.8 Å². The van der Waals surface area contributed by atoms with Gasteiger partial charge >= 0.3 is 0 Å². The molecule has 0 saturated carbocycles. The van der Waals surface area contributed by atoms with Gasteiger partial charge in [0.2, 0.25) is 0 Å². The van der Waals surface area contributed by atoms with E-state index in [2.05, 4.69) is 31.9 Å². The highest BCUT2D eigenvalue weighted by Crippen LogP contribution is 2.36. The Kier molecular flexibility index (Phi) is 4.53. The molecule has 1 atom stereocenters. The number of thiophene rings is 1. The second-order valence-corrected chi connectivity index (χ2v) is 7.02. The SMILES string of the molecule is OC(Cc1cc(F)cc(F)c1)c1cc(Br)c(Br)s1. The van der Waals surface area contributed by atoms with Crippen LogP contribution in [0.25, 0.3) is 0 Å². The standard InChI is InChI=1S/C12H8Br2F2OS/c13-9-5-11(18-12(9)14)10(17)3-6-1-7(15)4-8(16)2-6/h1-2,4-5,10,17H,3H2. The van der Waals surface area contributed by atoms with E-state index >= 15 is 0 Å². The summed E-state index contributed by atoms with van der Waals surface area (Å²) in [5.41, 5.74) is 0.431. The number of hydrogen-bond acceptors (Lipinski definition) is 2. The number of benzene rings is 1. The summed E-state index contributed by atoms with van der Waals surface area (Å²) >= 11 is 8.04. The van der Waals surface area contributed by atoms with E-state index < -0.39 is 17.7 Å². The van der Waals surface area contributed by atoms with Crippen LogP contribution in [-0.2, 0) is 6.42 Å². The van der Waals surface area contributed by atoms with Crippen LogP contribution in [0, 0.1) is 11.6 Å². The molecular formula is C12H8Br2F2OS.